The molecule has 0 aromatic heterocycles. The SMILES string of the molecule is NC(=O)NN=C(C=O)c1cccc(Cl)c1Cl. The minimum Gasteiger partial charge on any atom is -0.350 e. The van der Waals surface area contributed by atoms with Crippen molar-refractivity contribution < 1.29 is 9.59 Å². The molecule has 1 rings (SSSR count). The first kappa shape index (κ1) is 12.5. The Hall–Kier alpha value is -1.59. The van der Waals surface area contributed by atoms with Gasteiger partial charge in [0.2, 0.25) is 0 Å². The maximum Gasteiger partial charge on any atom is 0.332 e. The number of urea groups is 1. The van der Waals surface area contributed by atoms with E-state index in [0.717, 1.165) is 0 Å². The van der Waals surface area contributed by atoms with Crippen molar-refractivity contribution in [3.8, 4) is 0 Å². The van der Waals surface area contributed by atoms with Crippen molar-refractivity contribution in [3.63, 3.8) is 0 Å². The molecule has 16 heavy (non-hydrogen) atoms. The molecule has 0 fully saturated rings. The van der Waals surface area contributed by atoms with Crippen LogP contribution < -0.4 is 11.2 Å². The van der Waals surface area contributed by atoms with E-state index in [1.54, 1.807) is 18.2 Å². The average Bonchev–Trinajstić information content (AvgIpc) is 2.24. The summed E-state index contributed by atoms with van der Waals surface area (Å²) in [6, 6.07) is 3.84. The number of aldehydes is 1. The van der Waals surface area contributed by atoms with Gasteiger partial charge >= 0.3 is 6.03 Å². The maximum absolute atomic E-state index is 10.8. The average molecular weight is 260 g/mol. The predicted octanol–water partition coefficient (Wildman–Crippen LogP) is 1.56. The molecule has 0 aliphatic heterocycles. The quantitative estimate of drug-likeness (QED) is 0.491. The third-order valence-corrected chi connectivity index (χ3v) is 2.44. The highest BCUT2D eigenvalue weighted by molar-refractivity contribution is 6.47. The molecule has 7 heteroatoms. The van der Waals surface area contributed by atoms with Gasteiger partial charge in [-0.2, -0.15) is 5.10 Å². The number of hydrogen-bond donors (Lipinski definition) is 2. The Balaban J connectivity index is 3.13. The molecule has 0 bridgehead atoms. The number of hydrogen-bond acceptors (Lipinski definition) is 3. The van der Waals surface area contributed by atoms with E-state index >= 15 is 0 Å². The first-order chi connectivity index (χ1) is 7.56. The first-order valence-corrected chi connectivity index (χ1v) is 4.84. The van der Waals surface area contributed by atoms with Crippen LogP contribution in [0, 0.1) is 0 Å². The second-order valence-electron chi connectivity index (χ2n) is 2.69. The highest BCUT2D eigenvalue weighted by Crippen LogP contribution is 2.25. The van der Waals surface area contributed by atoms with Gasteiger partial charge in [-0.05, 0) is 6.07 Å². The maximum atomic E-state index is 10.8. The van der Waals surface area contributed by atoms with Crippen LogP contribution in [0.4, 0.5) is 4.79 Å². The standard InChI is InChI=1S/C9H7Cl2N3O2/c10-6-3-1-2-5(8(6)11)7(4-15)13-14-9(12)16/h1-4H,(H3,12,14,16). The Morgan fingerprint density at radius 3 is 2.69 bits per heavy atom. The summed E-state index contributed by atoms with van der Waals surface area (Å²) < 4.78 is 0. The number of halogens is 2. The molecular formula is C9H7Cl2N3O2. The third kappa shape index (κ3) is 2.95. The fraction of sp³-hybridized carbons (Fsp3) is 0. The molecule has 0 saturated carbocycles. The van der Waals surface area contributed by atoms with Crippen LogP contribution >= 0.6 is 23.2 Å². The molecule has 3 N–H and O–H groups in total. The van der Waals surface area contributed by atoms with Gasteiger partial charge in [-0.25, -0.2) is 10.2 Å². The molecule has 0 atom stereocenters. The van der Waals surface area contributed by atoms with Crippen molar-refractivity contribution in [1.29, 1.82) is 0 Å². The Morgan fingerprint density at radius 1 is 1.44 bits per heavy atom. The summed E-state index contributed by atoms with van der Waals surface area (Å²) in [5.41, 5.74) is 7.00. The summed E-state index contributed by atoms with van der Waals surface area (Å²) >= 11 is 11.6. The fourth-order valence-electron chi connectivity index (χ4n) is 0.967. The number of benzene rings is 1. The number of carbonyl (C=O) groups is 2. The van der Waals surface area contributed by atoms with Crippen molar-refractivity contribution in [2.24, 2.45) is 10.8 Å². The third-order valence-electron chi connectivity index (χ3n) is 1.63. The molecule has 0 aliphatic rings. The van der Waals surface area contributed by atoms with Crippen molar-refractivity contribution in [1.82, 2.24) is 5.43 Å². The highest BCUT2D eigenvalue weighted by atomic mass is 35.5. The number of nitrogens with two attached hydrogens (primary N) is 1. The van der Waals surface area contributed by atoms with E-state index < -0.39 is 6.03 Å². The second kappa shape index (κ2) is 5.48. The van der Waals surface area contributed by atoms with Crippen molar-refractivity contribution >= 4 is 41.2 Å². The van der Waals surface area contributed by atoms with Crippen LogP contribution in [0.3, 0.4) is 0 Å². The van der Waals surface area contributed by atoms with Crippen LogP contribution in [0.5, 0.6) is 0 Å². The topological polar surface area (TPSA) is 84.6 Å². The lowest BCUT2D eigenvalue weighted by Gasteiger charge is -2.03. The Morgan fingerprint density at radius 2 is 2.12 bits per heavy atom. The van der Waals surface area contributed by atoms with Crippen LogP contribution in [0.25, 0.3) is 0 Å². The second-order valence-corrected chi connectivity index (χ2v) is 3.48. The van der Waals surface area contributed by atoms with Gasteiger partial charge in [0.15, 0.2) is 6.29 Å². The smallest absolute Gasteiger partial charge is 0.332 e. The van der Waals surface area contributed by atoms with E-state index in [0.29, 0.717) is 11.8 Å². The molecule has 0 aliphatic carbocycles. The van der Waals surface area contributed by atoms with Crippen molar-refractivity contribution in [3.05, 3.63) is 33.8 Å². The van der Waals surface area contributed by atoms with Crippen molar-refractivity contribution in [2.75, 3.05) is 0 Å². The minimum absolute atomic E-state index is 0.0636. The van der Waals surface area contributed by atoms with Crippen LogP contribution in [0.2, 0.25) is 10.0 Å². The van der Waals surface area contributed by atoms with E-state index in [-0.39, 0.29) is 15.8 Å². The zero-order valence-electron chi connectivity index (χ0n) is 7.91. The van der Waals surface area contributed by atoms with Gasteiger partial charge in [-0.3, -0.25) is 4.79 Å². The van der Waals surface area contributed by atoms with E-state index in [9.17, 15) is 9.59 Å². The van der Waals surface area contributed by atoms with Gasteiger partial charge in [-0.15, -0.1) is 0 Å². The van der Waals surface area contributed by atoms with Crippen LogP contribution in [-0.2, 0) is 4.79 Å². The summed E-state index contributed by atoms with van der Waals surface area (Å²) in [5, 5.41) is 3.96. The van der Waals surface area contributed by atoms with Gasteiger partial charge < -0.3 is 5.73 Å². The molecule has 0 heterocycles. The number of amides is 2. The number of rotatable bonds is 3. The zero-order valence-corrected chi connectivity index (χ0v) is 9.42. The highest BCUT2D eigenvalue weighted by Gasteiger charge is 2.10. The molecule has 0 saturated heterocycles. The Bertz CT molecular complexity index is 460. The summed E-state index contributed by atoms with van der Waals surface area (Å²) in [6.07, 6.45) is 0.438. The van der Waals surface area contributed by atoms with E-state index in [1.165, 1.54) is 0 Å². The lowest BCUT2D eigenvalue weighted by Crippen LogP contribution is -2.26. The summed E-state index contributed by atoms with van der Waals surface area (Å²) in [6.45, 7) is 0. The Labute approximate surface area is 101 Å². The molecule has 5 nitrogen and oxygen atoms in total. The molecule has 84 valence electrons. The molecular weight excluding hydrogens is 253 g/mol. The molecule has 1 aromatic carbocycles. The summed E-state index contributed by atoms with van der Waals surface area (Å²) in [5.74, 6) is 0. The number of hydrazone groups is 1. The van der Waals surface area contributed by atoms with Gasteiger partial charge in [0.05, 0.1) is 10.0 Å². The van der Waals surface area contributed by atoms with Crippen molar-refractivity contribution in [2.45, 2.75) is 0 Å². The molecule has 0 unspecified atom stereocenters. The van der Waals surface area contributed by atoms with Crippen LogP contribution in [-0.4, -0.2) is 18.0 Å². The first-order valence-electron chi connectivity index (χ1n) is 4.09. The summed E-state index contributed by atoms with van der Waals surface area (Å²) in [4.78, 5) is 21.2. The predicted molar refractivity (Wildman–Crippen MR) is 61.8 cm³/mol. The molecule has 0 spiro atoms. The lowest BCUT2D eigenvalue weighted by molar-refractivity contribution is -0.102. The number of nitrogens with one attached hydrogen (secondary N) is 1. The van der Waals surface area contributed by atoms with Gasteiger partial charge in [0.1, 0.15) is 5.71 Å². The van der Waals surface area contributed by atoms with Gasteiger partial charge in [-0.1, -0.05) is 35.3 Å². The minimum atomic E-state index is -0.877. The molecule has 1 aromatic rings. The summed E-state index contributed by atoms with van der Waals surface area (Å²) in [7, 11) is 0. The monoisotopic (exact) mass is 259 g/mol. The van der Waals surface area contributed by atoms with Gasteiger partial charge in [0.25, 0.3) is 0 Å². The van der Waals surface area contributed by atoms with Crippen LogP contribution in [0.15, 0.2) is 23.3 Å². The van der Waals surface area contributed by atoms with E-state index in [2.05, 4.69) is 5.10 Å². The van der Waals surface area contributed by atoms with Gasteiger partial charge in [0, 0.05) is 5.56 Å². The lowest BCUT2D eigenvalue weighted by atomic mass is 10.1. The normalized spacial score (nSPS) is 11.0. The molecule has 2 amide bonds. The largest absolute Gasteiger partial charge is 0.350 e. The molecule has 0 radical (unpaired) electrons. The van der Waals surface area contributed by atoms with E-state index in [1.807, 2.05) is 5.43 Å². The van der Waals surface area contributed by atoms with Crippen LogP contribution in [0.1, 0.15) is 5.56 Å². The number of nitrogens with zero attached hydrogens (tertiary/aromatic N) is 1. The number of primary amides is 1. The van der Waals surface area contributed by atoms with E-state index in [4.69, 9.17) is 28.9 Å². The Kier molecular flexibility index (Phi) is 4.28. The fourth-order valence-corrected chi connectivity index (χ4v) is 1.36. The zero-order chi connectivity index (χ0) is 12.1. The number of carbonyl (C=O) groups excluding carboxylic acids is 2.